The van der Waals surface area contributed by atoms with E-state index in [1.807, 2.05) is 84.1 Å². The molecule has 50 heavy (non-hydrogen) atoms. The van der Waals surface area contributed by atoms with Crippen molar-refractivity contribution in [1.82, 2.24) is 15.0 Å². The Morgan fingerprint density at radius 3 is 1.72 bits per heavy atom. The lowest BCUT2D eigenvalue weighted by Gasteiger charge is -2.10. The van der Waals surface area contributed by atoms with Crippen LogP contribution < -0.4 is 0 Å². The van der Waals surface area contributed by atoms with Crippen LogP contribution in [-0.4, -0.2) is 15.0 Å². The number of rotatable bonds is 5. The number of furan rings is 1. The van der Waals surface area contributed by atoms with Gasteiger partial charge in [0, 0.05) is 47.6 Å². The lowest BCUT2D eigenvalue weighted by atomic mass is 9.93. The zero-order valence-electron chi connectivity index (χ0n) is 26.7. The standard InChI is InChI=1S/C45H27N3OS/c1-4-13-28(14-5-1)32-26-35(42-33-19-10-11-22-39(33)50-40(42)27-32)31-23-24-37-36(25-31)41-34(20-12-21-38(41)49-37)45-47-43(29-15-6-2-7-16-29)46-44(48-45)30-17-8-3-9-18-30/h1-27H. The van der Waals surface area contributed by atoms with Gasteiger partial charge in [-0.3, -0.25) is 0 Å². The van der Waals surface area contributed by atoms with Gasteiger partial charge < -0.3 is 4.42 Å². The number of fused-ring (bicyclic) bond motifs is 6. The zero-order valence-corrected chi connectivity index (χ0v) is 27.6. The largest absolute Gasteiger partial charge is 0.456 e. The van der Waals surface area contributed by atoms with E-state index in [2.05, 4.69) is 91.0 Å². The minimum Gasteiger partial charge on any atom is -0.456 e. The molecule has 4 nitrogen and oxygen atoms in total. The molecule has 5 heteroatoms. The van der Waals surface area contributed by atoms with E-state index >= 15 is 0 Å². The summed E-state index contributed by atoms with van der Waals surface area (Å²) < 4.78 is 9.05. The molecule has 3 heterocycles. The SMILES string of the molecule is c1ccc(-c2cc(-c3ccc4oc5cccc(-c6nc(-c7ccccc7)nc(-c7ccccc7)n6)c5c4c3)c3c(c2)sc2ccccc23)cc1. The van der Waals surface area contributed by atoms with Crippen LogP contribution >= 0.6 is 11.3 Å². The molecular formula is C45H27N3OS. The molecule has 0 amide bonds. The number of benzene rings is 7. The van der Waals surface area contributed by atoms with Gasteiger partial charge in [-0.2, -0.15) is 0 Å². The van der Waals surface area contributed by atoms with Gasteiger partial charge in [0.05, 0.1) is 0 Å². The van der Waals surface area contributed by atoms with Crippen molar-refractivity contribution in [2.75, 3.05) is 0 Å². The Morgan fingerprint density at radius 2 is 1.00 bits per heavy atom. The quantitative estimate of drug-likeness (QED) is 0.185. The molecule has 10 aromatic rings. The van der Waals surface area contributed by atoms with Gasteiger partial charge in [-0.05, 0) is 58.7 Å². The first-order chi connectivity index (χ1) is 24.8. The van der Waals surface area contributed by atoms with Crippen LogP contribution in [0.15, 0.2) is 168 Å². The molecule has 0 fully saturated rings. The maximum absolute atomic E-state index is 6.50. The Kier molecular flexibility index (Phi) is 6.64. The summed E-state index contributed by atoms with van der Waals surface area (Å²) in [4.78, 5) is 15.1. The summed E-state index contributed by atoms with van der Waals surface area (Å²) in [5, 5.41) is 4.55. The van der Waals surface area contributed by atoms with Crippen LogP contribution in [0.25, 0.3) is 98.5 Å². The van der Waals surface area contributed by atoms with Crippen LogP contribution in [0.2, 0.25) is 0 Å². The maximum Gasteiger partial charge on any atom is 0.164 e. The number of aromatic nitrogens is 3. The lowest BCUT2D eigenvalue weighted by molar-refractivity contribution is 0.669. The number of thiophene rings is 1. The van der Waals surface area contributed by atoms with Gasteiger partial charge in [0.15, 0.2) is 17.5 Å². The summed E-state index contributed by atoms with van der Waals surface area (Å²) in [5.41, 5.74) is 9.12. The van der Waals surface area contributed by atoms with E-state index in [0.29, 0.717) is 17.5 Å². The van der Waals surface area contributed by atoms with Crippen molar-refractivity contribution in [3.63, 3.8) is 0 Å². The summed E-state index contributed by atoms with van der Waals surface area (Å²) >= 11 is 1.84. The van der Waals surface area contributed by atoms with E-state index in [-0.39, 0.29) is 0 Å². The van der Waals surface area contributed by atoms with E-state index in [1.165, 1.54) is 36.9 Å². The van der Waals surface area contributed by atoms with E-state index in [1.54, 1.807) is 0 Å². The highest BCUT2D eigenvalue weighted by Crippen LogP contribution is 2.45. The van der Waals surface area contributed by atoms with Gasteiger partial charge in [-0.25, -0.2) is 15.0 Å². The lowest BCUT2D eigenvalue weighted by Crippen LogP contribution is -2.00. The van der Waals surface area contributed by atoms with E-state index in [0.717, 1.165) is 44.2 Å². The third kappa shape index (κ3) is 4.79. The topological polar surface area (TPSA) is 51.8 Å². The molecular weight excluding hydrogens is 631 g/mol. The van der Waals surface area contributed by atoms with Crippen LogP contribution in [0, 0.1) is 0 Å². The molecule has 7 aromatic carbocycles. The van der Waals surface area contributed by atoms with Gasteiger partial charge in [-0.1, -0.05) is 127 Å². The smallest absolute Gasteiger partial charge is 0.164 e. The number of nitrogens with zero attached hydrogens (tertiary/aromatic N) is 3. The Labute approximate surface area is 292 Å². The minimum absolute atomic E-state index is 0.605. The molecule has 0 bridgehead atoms. The highest BCUT2D eigenvalue weighted by atomic mass is 32.1. The number of hydrogen-bond donors (Lipinski definition) is 0. The van der Waals surface area contributed by atoms with Gasteiger partial charge in [-0.15, -0.1) is 11.3 Å². The van der Waals surface area contributed by atoms with Crippen LogP contribution in [0.1, 0.15) is 0 Å². The van der Waals surface area contributed by atoms with Gasteiger partial charge in [0.25, 0.3) is 0 Å². The average Bonchev–Trinajstić information content (AvgIpc) is 3.76. The van der Waals surface area contributed by atoms with Crippen molar-refractivity contribution in [1.29, 1.82) is 0 Å². The first kappa shape index (κ1) is 28.6. The second-order valence-corrected chi connectivity index (χ2v) is 13.5. The van der Waals surface area contributed by atoms with Crippen LogP contribution in [0.5, 0.6) is 0 Å². The summed E-state index contributed by atoms with van der Waals surface area (Å²) in [6.45, 7) is 0. The van der Waals surface area contributed by atoms with Crippen LogP contribution in [0.4, 0.5) is 0 Å². The normalized spacial score (nSPS) is 11.6. The molecule has 0 spiro atoms. The van der Waals surface area contributed by atoms with Gasteiger partial charge in [0.2, 0.25) is 0 Å². The Bertz CT molecular complexity index is 2800. The van der Waals surface area contributed by atoms with Crippen molar-refractivity contribution < 1.29 is 4.42 Å². The zero-order chi connectivity index (χ0) is 33.0. The Balaban J connectivity index is 1.22. The second kappa shape index (κ2) is 11.6. The van der Waals surface area contributed by atoms with Gasteiger partial charge in [0.1, 0.15) is 11.2 Å². The first-order valence-corrected chi connectivity index (χ1v) is 17.4. The molecule has 0 aliphatic rings. The van der Waals surface area contributed by atoms with E-state index in [4.69, 9.17) is 19.4 Å². The van der Waals surface area contributed by atoms with E-state index in [9.17, 15) is 0 Å². The Morgan fingerprint density at radius 1 is 0.360 bits per heavy atom. The molecule has 0 unspecified atom stereocenters. The molecule has 0 radical (unpaired) electrons. The molecule has 0 atom stereocenters. The summed E-state index contributed by atoms with van der Waals surface area (Å²) in [6.07, 6.45) is 0. The summed E-state index contributed by atoms with van der Waals surface area (Å²) in [5.74, 6) is 1.86. The van der Waals surface area contributed by atoms with Crippen molar-refractivity contribution in [3.8, 4) is 56.4 Å². The number of hydrogen-bond acceptors (Lipinski definition) is 5. The summed E-state index contributed by atoms with van der Waals surface area (Å²) in [6, 6.07) is 56.8. The predicted molar refractivity (Wildman–Crippen MR) is 207 cm³/mol. The average molecular weight is 658 g/mol. The molecule has 3 aromatic heterocycles. The highest BCUT2D eigenvalue weighted by Gasteiger charge is 2.20. The monoisotopic (exact) mass is 657 g/mol. The third-order valence-corrected chi connectivity index (χ3v) is 10.4. The molecule has 10 rings (SSSR count). The molecule has 0 N–H and O–H groups in total. The van der Waals surface area contributed by atoms with Crippen LogP contribution in [0.3, 0.4) is 0 Å². The Hall–Kier alpha value is -6.43. The third-order valence-electron chi connectivity index (χ3n) is 9.33. The molecule has 0 saturated heterocycles. The highest BCUT2D eigenvalue weighted by molar-refractivity contribution is 7.26. The van der Waals surface area contributed by atoms with Crippen molar-refractivity contribution in [2.45, 2.75) is 0 Å². The molecule has 0 aliphatic carbocycles. The molecule has 0 aliphatic heterocycles. The van der Waals surface area contributed by atoms with Crippen molar-refractivity contribution in [3.05, 3.63) is 164 Å². The second-order valence-electron chi connectivity index (χ2n) is 12.4. The fourth-order valence-corrected chi connectivity index (χ4v) is 8.16. The van der Waals surface area contributed by atoms with E-state index < -0.39 is 0 Å². The molecule has 0 saturated carbocycles. The fourth-order valence-electron chi connectivity index (χ4n) is 6.99. The van der Waals surface area contributed by atoms with Crippen molar-refractivity contribution >= 4 is 53.4 Å². The molecule has 234 valence electrons. The first-order valence-electron chi connectivity index (χ1n) is 16.6. The van der Waals surface area contributed by atoms with Gasteiger partial charge >= 0.3 is 0 Å². The fraction of sp³-hybridized carbons (Fsp3) is 0. The predicted octanol–water partition coefficient (Wildman–Crippen LogP) is 12.5. The minimum atomic E-state index is 0.605. The van der Waals surface area contributed by atoms with Crippen LogP contribution in [-0.2, 0) is 0 Å². The maximum atomic E-state index is 6.50. The van der Waals surface area contributed by atoms with Crippen molar-refractivity contribution in [2.24, 2.45) is 0 Å². The summed E-state index contributed by atoms with van der Waals surface area (Å²) in [7, 11) is 0.